The molecule has 0 aliphatic heterocycles. The summed E-state index contributed by atoms with van der Waals surface area (Å²) < 4.78 is 0. The van der Waals surface area contributed by atoms with E-state index in [4.69, 9.17) is 5.26 Å². The molecule has 0 spiro atoms. The SMILES string of the molecule is N#Cc1cc(C=O)ccc1Sc1ncn[nH]1. The number of nitrogens with one attached hydrogen (secondary N) is 1. The zero-order chi connectivity index (χ0) is 11.4. The number of nitrogens with zero attached hydrogens (tertiary/aromatic N) is 3. The van der Waals surface area contributed by atoms with Crippen molar-refractivity contribution < 1.29 is 4.79 Å². The number of H-pyrrole nitrogens is 1. The van der Waals surface area contributed by atoms with Crippen molar-refractivity contribution in [1.82, 2.24) is 15.2 Å². The molecule has 2 aromatic rings. The number of benzene rings is 1. The van der Waals surface area contributed by atoms with Crippen molar-refractivity contribution in [1.29, 1.82) is 5.26 Å². The van der Waals surface area contributed by atoms with Crippen LogP contribution >= 0.6 is 11.8 Å². The van der Waals surface area contributed by atoms with Gasteiger partial charge in [0.15, 0.2) is 5.16 Å². The van der Waals surface area contributed by atoms with Crippen LogP contribution in [0.3, 0.4) is 0 Å². The van der Waals surface area contributed by atoms with Crippen molar-refractivity contribution in [3.05, 3.63) is 35.7 Å². The van der Waals surface area contributed by atoms with Gasteiger partial charge >= 0.3 is 0 Å². The first kappa shape index (κ1) is 10.4. The van der Waals surface area contributed by atoms with E-state index < -0.39 is 0 Å². The van der Waals surface area contributed by atoms with Crippen molar-refractivity contribution in [2.75, 3.05) is 0 Å². The van der Waals surface area contributed by atoms with Gasteiger partial charge in [-0.1, -0.05) is 6.07 Å². The maximum atomic E-state index is 10.6. The standard InChI is InChI=1S/C10H6N4OS/c11-4-8-3-7(5-15)1-2-9(8)16-10-12-6-13-14-10/h1-3,5-6H,(H,12,13,14). The molecule has 0 amide bonds. The molecule has 1 N–H and O–H groups in total. The van der Waals surface area contributed by atoms with Gasteiger partial charge in [-0.05, 0) is 23.9 Å². The van der Waals surface area contributed by atoms with E-state index in [0.29, 0.717) is 22.6 Å². The summed E-state index contributed by atoms with van der Waals surface area (Å²) in [5.41, 5.74) is 0.935. The van der Waals surface area contributed by atoms with Crippen molar-refractivity contribution in [3.8, 4) is 6.07 Å². The Morgan fingerprint density at radius 2 is 2.38 bits per heavy atom. The second-order valence-electron chi connectivity index (χ2n) is 2.88. The summed E-state index contributed by atoms with van der Waals surface area (Å²) >= 11 is 1.30. The molecule has 1 heterocycles. The second-order valence-corrected chi connectivity index (χ2v) is 3.91. The van der Waals surface area contributed by atoms with Gasteiger partial charge in [0.05, 0.1) is 5.56 Å². The highest BCUT2D eigenvalue weighted by molar-refractivity contribution is 7.99. The zero-order valence-electron chi connectivity index (χ0n) is 8.04. The molecule has 5 nitrogen and oxygen atoms in total. The summed E-state index contributed by atoms with van der Waals surface area (Å²) in [5, 5.41) is 15.9. The lowest BCUT2D eigenvalue weighted by molar-refractivity contribution is 0.112. The molecular formula is C10H6N4OS. The highest BCUT2D eigenvalue weighted by Gasteiger charge is 2.06. The molecule has 0 saturated heterocycles. The number of aldehydes is 1. The molecule has 78 valence electrons. The molecule has 0 bridgehead atoms. The average molecular weight is 230 g/mol. The fourth-order valence-corrected chi connectivity index (χ4v) is 1.90. The Labute approximate surface area is 95.5 Å². The predicted octanol–water partition coefficient (Wildman–Crippen LogP) is 1.64. The number of aromatic nitrogens is 3. The van der Waals surface area contributed by atoms with Gasteiger partial charge in [0.25, 0.3) is 0 Å². The van der Waals surface area contributed by atoms with E-state index in [9.17, 15) is 4.79 Å². The molecule has 2 rings (SSSR count). The van der Waals surface area contributed by atoms with Crippen molar-refractivity contribution in [3.63, 3.8) is 0 Å². The largest absolute Gasteiger partial charge is 0.298 e. The lowest BCUT2D eigenvalue weighted by Gasteiger charge is -2.01. The van der Waals surface area contributed by atoms with E-state index in [1.807, 2.05) is 6.07 Å². The Morgan fingerprint density at radius 1 is 1.50 bits per heavy atom. The maximum Gasteiger partial charge on any atom is 0.188 e. The fraction of sp³-hybridized carbons (Fsp3) is 0. The van der Waals surface area contributed by atoms with Gasteiger partial charge in [0.1, 0.15) is 18.7 Å². The third-order valence-corrected chi connectivity index (χ3v) is 2.83. The van der Waals surface area contributed by atoms with E-state index in [-0.39, 0.29) is 0 Å². The van der Waals surface area contributed by atoms with Crippen LogP contribution in [-0.4, -0.2) is 21.5 Å². The normalized spacial score (nSPS) is 9.69. The van der Waals surface area contributed by atoms with Crippen LogP contribution in [0.1, 0.15) is 15.9 Å². The van der Waals surface area contributed by atoms with Crippen LogP contribution in [0, 0.1) is 11.3 Å². The Bertz CT molecular complexity index is 544. The minimum atomic E-state index is 0.450. The summed E-state index contributed by atoms with van der Waals surface area (Å²) in [4.78, 5) is 15.2. The van der Waals surface area contributed by atoms with Crippen LogP contribution < -0.4 is 0 Å². The van der Waals surface area contributed by atoms with Gasteiger partial charge in [-0.25, -0.2) is 4.98 Å². The van der Waals surface area contributed by atoms with Gasteiger partial charge in [0, 0.05) is 10.5 Å². The fourth-order valence-electron chi connectivity index (χ4n) is 1.14. The summed E-state index contributed by atoms with van der Waals surface area (Å²) in [6.45, 7) is 0. The van der Waals surface area contributed by atoms with Crippen LogP contribution in [0.4, 0.5) is 0 Å². The van der Waals surface area contributed by atoms with E-state index >= 15 is 0 Å². The van der Waals surface area contributed by atoms with Gasteiger partial charge in [-0.2, -0.15) is 10.4 Å². The van der Waals surface area contributed by atoms with E-state index in [2.05, 4.69) is 15.2 Å². The summed E-state index contributed by atoms with van der Waals surface area (Å²) in [7, 11) is 0. The molecule has 0 atom stereocenters. The Kier molecular flexibility index (Phi) is 2.98. The second kappa shape index (κ2) is 4.59. The van der Waals surface area contributed by atoms with Gasteiger partial charge in [0.2, 0.25) is 0 Å². The molecule has 6 heteroatoms. The first-order valence-corrected chi connectivity index (χ1v) is 5.17. The van der Waals surface area contributed by atoms with E-state index in [1.165, 1.54) is 18.1 Å². The Morgan fingerprint density at radius 3 is 3.00 bits per heavy atom. The number of hydrogen-bond donors (Lipinski definition) is 1. The molecule has 0 aliphatic rings. The van der Waals surface area contributed by atoms with Crippen LogP contribution in [0.25, 0.3) is 0 Å². The van der Waals surface area contributed by atoms with Crippen LogP contribution in [0.5, 0.6) is 0 Å². The molecule has 0 unspecified atom stereocenters. The van der Waals surface area contributed by atoms with Crippen molar-refractivity contribution in [2.24, 2.45) is 0 Å². The third kappa shape index (κ3) is 2.10. The molecular weight excluding hydrogens is 224 g/mol. The number of hydrogen-bond acceptors (Lipinski definition) is 5. The molecule has 0 saturated carbocycles. The van der Waals surface area contributed by atoms with Crippen molar-refractivity contribution >= 4 is 18.0 Å². The topological polar surface area (TPSA) is 82.4 Å². The van der Waals surface area contributed by atoms with E-state index in [1.54, 1.807) is 18.2 Å². The number of nitriles is 1. The number of carbonyl (C=O) groups is 1. The van der Waals surface area contributed by atoms with Crippen LogP contribution in [-0.2, 0) is 0 Å². The first-order valence-electron chi connectivity index (χ1n) is 4.36. The lowest BCUT2D eigenvalue weighted by atomic mass is 10.1. The summed E-state index contributed by atoms with van der Waals surface area (Å²) in [5.74, 6) is 0. The Balaban J connectivity index is 2.34. The highest BCUT2D eigenvalue weighted by Crippen LogP contribution is 2.27. The summed E-state index contributed by atoms with van der Waals surface area (Å²) in [6.07, 6.45) is 2.11. The molecule has 0 aliphatic carbocycles. The van der Waals surface area contributed by atoms with Gasteiger partial charge < -0.3 is 0 Å². The van der Waals surface area contributed by atoms with Gasteiger partial charge in [-0.15, -0.1) is 0 Å². The Hall–Kier alpha value is -2.13. The molecule has 1 aromatic heterocycles. The lowest BCUT2D eigenvalue weighted by Crippen LogP contribution is -1.86. The monoisotopic (exact) mass is 230 g/mol. The molecule has 1 aromatic carbocycles. The quantitative estimate of drug-likeness (QED) is 0.810. The highest BCUT2D eigenvalue weighted by atomic mass is 32.2. The maximum absolute atomic E-state index is 10.6. The smallest absolute Gasteiger partial charge is 0.188 e. The first-order chi connectivity index (χ1) is 7.83. The van der Waals surface area contributed by atoms with Gasteiger partial charge in [-0.3, -0.25) is 9.89 Å². The minimum Gasteiger partial charge on any atom is -0.298 e. The average Bonchev–Trinajstić information content (AvgIpc) is 2.82. The molecule has 0 fully saturated rings. The van der Waals surface area contributed by atoms with Crippen LogP contribution in [0.2, 0.25) is 0 Å². The number of carbonyl (C=O) groups excluding carboxylic acids is 1. The summed E-state index contributed by atoms with van der Waals surface area (Å²) in [6, 6.07) is 6.97. The minimum absolute atomic E-state index is 0.450. The zero-order valence-corrected chi connectivity index (χ0v) is 8.86. The number of rotatable bonds is 3. The predicted molar refractivity (Wildman–Crippen MR) is 57.1 cm³/mol. The molecule has 0 radical (unpaired) electrons. The van der Waals surface area contributed by atoms with Crippen molar-refractivity contribution in [2.45, 2.75) is 10.1 Å². The van der Waals surface area contributed by atoms with E-state index in [0.717, 1.165) is 4.90 Å². The third-order valence-electron chi connectivity index (χ3n) is 1.86. The number of aromatic amines is 1. The molecule has 16 heavy (non-hydrogen) atoms. The van der Waals surface area contributed by atoms with Crippen LogP contribution in [0.15, 0.2) is 34.6 Å².